The van der Waals surface area contributed by atoms with Gasteiger partial charge in [0.05, 0.1) is 5.54 Å². The molecule has 0 bridgehead atoms. The van der Waals surface area contributed by atoms with Crippen LogP contribution in [0.15, 0.2) is 10.9 Å². The van der Waals surface area contributed by atoms with Gasteiger partial charge >= 0.3 is 0 Å². The van der Waals surface area contributed by atoms with Crippen molar-refractivity contribution in [2.24, 2.45) is 0 Å². The Morgan fingerprint density at radius 1 is 1.33 bits per heavy atom. The second-order valence-electron chi connectivity index (χ2n) is 5.53. The van der Waals surface area contributed by atoms with Gasteiger partial charge in [-0.05, 0) is 33.6 Å². The molecule has 0 amide bonds. The van der Waals surface area contributed by atoms with Gasteiger partial charge in [0.2, 0.25) is 0 Å². The maximum atomic E-state index is 11.4. The zero-order valence-corrected chi connectivity index (χ0v) is 9.84. The molecule has 0 spiro atoms. The topological polar surface area (TPSA) is 37.8 Å². The first kappa shape index (κ1) is 10.5. The lowest BCUT2D eigenvalue weighted by Gasteiger charge is -2.25. The first-order valence-corrected chi connectivity index (χ1v) is 5.81. The molecule has 1 aromatic rings. The van der Waals surface area contributed by atoms with Crippen molar-refractivity contribution in [1.29, 1.82) is 0 Å². The second kappa shape index (κ2) is 3.54. The third-order valence-electron chi connectivity index (χ3n) is 3.20. The summed E-state index contributed by atoms with van der Waals surface area (Å²) >= 11 is 0. The van der Waals surface area contributed by atoms with E-state index in [1.54, 1.807) is 6.07 Å². The van der Waals surface area contributed by atoms with Crippen LogP contribution in [0.1, 0.15) is 58.1 Å². The van der Waals surface area contributed by atoms with Crippen LogP contribution < -0.4 is 5.56 Å². The minimum Gasteiger partial charge on any atom is -0.284 e. The molecule has 2 rings (SSSR count). The van der Waals surface area contributed by atoms with Crippen molar-refractivity contribution in [3.63, 3.8) is 0 Å². The standard InChI is InChI=1S/C12H20N2O/c1-12(2,3)14-10(8-11(15)13-14)9-6-4-5-7-9/h8-9H,4-7H2,1-3H3,(H,13,15). The zero-order chi connectivity index (χ0) is 11.1. The van der Waals surface area contributed by atoms with Gasteiger partial charge in [-0.3, -0.25) is 14.6 Å². The summed E-state index contributed by atoms with van der Waals surface area (Å²) in [5.74, 6) is 0.586. The number of nitrogens with one attached hydrogen (secondary N) is 1. The van der Waals surface area contributed by atoms with Gasteiger partial charge < -0.3 is 0 Å². The van der Waals surface area contributed by atoms with E-state index in [1.165, 1.54) is 31.4 Å². The Morgan fingerprint density at radius 3 is 2.47 bits per heavy atom. The molecular weight excluding hydrogens is 188 g/mol. The Bertz CT molecular complexity index is 388. The van der Waals surface area contributed by atoms with Crippen molar-refractivity contribution in [2.45, 2.75) is 57.9 Å². The summed E-state index contributed by atoms with van der Waals surface area (Å²) in [6.45, 7) is 6.38. The quantitative estimate of drug-likeness (QED) is 0.756. The van der Waals surface area contributed by atoms with Crippen LogP contribution in [0.3, 0.4) is 0 Å². The number of hydrogen-bond acceptors (Lipinski definition) is 1. The van der Waals surface area contributed by atoms with E-state index in [9.17, 15) is 4.79 Å². The van der Waals surface area contributed by atoms with Crippen molar-refractivity contribution in [3.8, 4) is 0 Å². The Morgan fingerprint density at radius 2 is 1.93 bits per heavy atom. The molecule has 1 heterocycles. The number of hydrogen-bond donors (Lipinski definition) is 1. The van der Waals surface area contributed by atoms with Gasteiger partial charge in [0, 0.05) is 17.7 Å². The fourth-order valence-corrected chi connectivity index (χ4v) is 2.48. The normalized spacial score (nSPS) is 18.6. The SMILES string of the molecule is CC(C)(C)n1[nH]c(=O)cc1C1CCCC1. The van der Waals surface area contributed by atoms with Gasteiger partial charge in [0.1, 0.15) is 0 Å². The highest BCUT2D eigenvalue weighted by Crippen LogP contribution is 2.34. The van der Waals surface area contributed by atoms with Gasteiger partial charge in [-0.15, -0.1) is 0 Å². The molecule has 1 N–H and O–H groups in total. The minimum atomic E-state index is -0.0272. The molecule has 1 fully saturated rings. The van der Waals surface area contributed by atoms with Gasteiger partial charge in [-0.25, -0.2) is 0 Å². The highest BCUT2D eigenvalue weighted by Gasteiger charge is 2.25. The summed E-state index contributed by atoms with van der Waals surface area (Å²) in [6.07, 6.45) is 5.06. The van der Waals surface area contributed by atoms with Gasteiger partial charge in [-0.1, -0.05) is 12.8 Å². The highest BCUT2D eigenvalue weighted by molar-refractivity contribution is 5.11. The summed E-state index contributed by atoms with van der Waals surface area (Å²) in [4.78, 5) is 11.4. The van der Waals surface area contributed by atoms with Crippen molar-refractivity contribution in [3.05, 3.63) is 22.1 Å². The second-order valence-corrected chi connectivity index (χ2v) is 5.53. The summed E-state index contributed by atoms with van der Waals surface area (Å²) in [7, 11) is 0. The van der Waals surface area contributed by atoms with Gasteiger partial charge in [-0.2, -0.15) is 0 Å². The van der Waals surface area contributed by atoms with E-state index in [-0.39, 0.29) is 11.1 Å². The Labute approximate surface area is 90.5 Å². The van der Waals surface area contributed by atoms with Crippen LogP contribution >= 0.6 is 0 Å². The van der Waals surface area contributed by atoms with Gasteiger partial charge in [0.25, 0.3) is 5.56 Å². The van der Waals surface area contributed by atoms with Crippen molar-refractivity contribution >= 4 is 0 Å². The molecule has 15 heavy (non-hydrogen) atoms. The van der Waals surface area contributed by atoms with Crippen LogP contribution in [0, 0.1) is 0 Å². The van der Waals surface area contributed by atoms with Crippen LogP contribution in [-0.2, 0) is 5.54 Å². The van der Waals surface area contributed by atoms with Gasteiger partial charge in [0.15, 0.2) is 0 Å². The van der Waals surface area contributed by atoms with Crippen molar-refractivity contribution in [2.75, 3.05) is 0 Å². The lowest BCUT2D eigenvalue weighted by molar-refractivity contribution is 0.334. The molecule has 0 radical (unpaired) electrons. The maximum absolute atomic E-state index is 11.4. The summed E-state index contributed by atoms with van der Waals surface area (Å²) in [6, 6.07) is 1.78. The molecule has 0 aliphatic heterocycles. The summed E-state index contributed by atoms with van der Waals surface area (Å²) in [5.41, 5.74) is 1.21. The van der Waals surface area contributed by atoms with E-state index in [2.05, 4.69) is 25.9 Å². The van der Waals surface area contributed by atoms with E-state index in [4.69, 9.17) is 0 Å². The van der Waals surface area contributed by atoms with Crippen LogP contribution in [0.2, 0.25) is 0 Å². The zero-order valence-electron chi connectivity index (χ0n) is 9.84. The molecule has 84 valence electrons. The Kier molecular flexibility index (Phi) is 2.49. The average Bonchev–Trinajstić information content (AvgIpc) is 2.68. The highest BCUT2D eigenvalue weighted by atomic mass is 16.1. The maximum Gasteiger partial charge on any atom is 0.264 e. The first-order chi connectivity index (χ1) is 6.98. The largest absolute Gasteiger partial charge is 0.284 e. The molecule has 0 aromatic carbocycles. The number of aromatic amines is 1. The monoisotopic (exact) mass is 208 g/mol. The van der Waals surface area contributed by atoms with Crippen molar-refractivity contribution in [1.82, 2.24) is 9.78 Å². The molecular formula is C12H20N2O. The number of H-pyrrole nitrogens is 1. The lowest BCUT2D eigenvalue weighted by atomic mass is 10.0. The van der Waals surface area contributed by atoms with Crippen LogP contribution in [0.5, 0.6) is 0 Å². The number of nitrogens with zero attached hydrogens (tertiary/aromatic N) is 1. The molecule has 1 aliphatic carbocycles. The van der Waals surface area contributed by atoms with E-state index in [0.717, 1.165) is 0 Å². The molecule has 0 unspecified atom stereocenters. The number of rotatable bonds is 1. The molecule has 3 nitrogen and oxygen atoms in total. The van der Waals surface area contributed by atoms with E-state index in [1.807, 2.05) is 4.68 Å². The van der Waals surface area contributed by atoms with Crippen LogP contribution in [0.25, 0.3) is 0 Å². The summed E-state index contributed by atoms with van der Waals surface area (Å²) < 4.78 is 2.05. The predicted molar refractivity (Wildman–Crippen MR) is 61.3 cm³/mol. The number of aromatic nitrogens is 2. The van der Waals surface area contributed by atoms with E-state index in [0.29, 0.717) is 5.92 Å². The molecule has 1 saturated carbocycles. The fourth-order valence-electron chi connectivity index (χ4n) is 2.48. The molecule has 1 aliphatic rings. The Hall–Kier alpha value is -0.990. The molecule has 3 heteroatoms. The third kappa shape index (κ3) is 2.01. The molecule has 1 aromatic heterocycles. The molecule has 0 saturated heterocycles. The van der Waals surface area contributed by atoms with E-state index < -0.39 is 0 Å². The molecule has 0 atom stereocenters. The lowest BCUT2D eigenvalue weighted by Crippen LogP contribution is -2.27. The minimum absolute atomic E-state index is 0.0272. The predicted octanol–water partition coefficient (Wildman–Crippen LogP) is 2.59. The van der Waals surface area contributed by atoms with E-state index >= 15 is 0 Å². The fraction of sp³-hybridized carbons (Fsp3) is 0.750. The first-order valence-electron chi connectivity index (χ1n) is 5.81. The summed E-state index contributed by atoms with van der Waals surface area (Å²) in [5, 5.41) is 2.92. The third-order valence-corrected chi connectivity index (χ3v) is 3.20. The average molecular weight is 208 g/mol. The van der Waals surface area contributed by atoms with Crippen molar-refractivity contribution < 1.29 is 0 Å². The smallest absolute Gasteiger partial charge is 0.264 e. The van der Waals surface area contributed by atoms with Crippen LogP contribution in [0.4, 0.5) is 0 Å². The Balaban J connectivity index is 2.41. The van der Waals surface area contributed by atoms with Crippen LogP contribution in [-0.4, -0.2) is 9.78 Å².